The molecule has 0 aliphatic carbocycles. The molecule has 5 heterocycles. The molecule has 0 atom stereocenters. The first-order valence-corrected chi connectivity index (χ1v) is 20.3. The van der Waals surface area contributed by atoms with Crippen molar-refractivity contribution in [3.05, 3.63) is 84.0 Å². The summed E-state index contributed by atoms with van der Waals surface area (Å²) in [4.78, 5) is 20.4. The van der Waals surface area contributed by atoms with E-state index in [0.717, 1.165) is 66.7 Å². The highest BCUT2D eigenvalue weighted by Gasteiger charge is 2.23. The average molecular weight is 685 g/mol. The molecule has 13 heteroatoms. The second kappa shape index (κ2) is 13.3. The maximum Gasteiger partial charge on any atom is 0.148 e. The van der Waals surface area contributed by atoms with Gasteiger partial charge < -0.3 is 18.9 Å². The largest absolute Gasteiger partial charge is 0.456 e. The molecule has 48 heavy (non-hydrogen) atoms. The van der Waals surface area contributed by atoms with Gasteiger partial charge >= 0.3 is 0 Å². The number of nitrogens with zero attached hydrogens (tertiary/aromatic N) is 8. The minimum absolute atomic E-state index is 0.225. The van der Waals surface area contributed by atoms with Crippen LogP contribution in [0.4, 0.5) is 10.1 Å². The Balaban J connectivity index is 1.07. The number of rotatable bonds is 10. The maximum absolute atomic E-state index is 13.7. The first-order chi connectivity index (χ1) is 23.1. The highest BCUT2D eigenvalue weighted by atomic mass is 35.5. The van der Waals surface area contributed by atoms with E-state index in [2.05, 4.69) is 44.2 Å². The topological polar surface area (TPSA) is 96.0 Å². The number of piperidine rings is 1. The van der Waals surface area contributed by atoms with Gasteiger partial charge in [-0.05, 0) is 50.1 Å². The lowest BCUT2D eigenvalue weighted by Gasteiger charge is -2.33. The van der Waals surface area contributed by atoms with Crippen molar-refractivity contribution < 1.29 is 13.9 Å². The average Bonchev–Trinajstić information content (AvgIpc) is 3.68. The molecular formula is C35H38ClFN8O2Si. The Labute approximate surface area is 284 Å². The fourth-order valence-electron chi connectivity index (χ4n) is 5.99. The van der Waals surface area contributed by atoms with Crippen LogP contribution in [0, 0.1) is 12.7 Å². The molecule has 1 fully saturated rings. The molecule has 1 aliphatic heterocycles. The molecule has 4 aromatic heterocycles. The van der Waals surface area contributed by atoms with Gasteiger partial charge in [-0.25, -0.2) is 14.4 Å². The van der Waals surface area contributed by atoms with E-state index in [1.807, 2.05) is 54.3 Å². The van der Waals surface area contributed by atoms with Crippen LogP contribution in [0.1, 0.15) is 24.7 Å². The summed E-state index contributed by atoms with van der Waals surface area (Å²) in [5, 5.41) is 5.04. The predicted molar refractivity (Wildman–Crippen MR) is 189 cm³/mol. The third kappa shape index (κ3) is 6.91. The van der Waals surface area contributed by atoms with Crippen LogP contribution < -0.4 is 9.64 Å². The molecule has 1 saturated heterocycles. The Kier molecular flexibility index (Phi) is 8.88. The van der Waals surface area contributed by atoms with Gasteiger partial charge in [0.15, 0.2) is 0 Å². The number of benzene rings is 2. The molecule has 0 unspecified atom stereocenters. The molecule has 0 bridgehead atoms. The van der Waals surface area contributed by atoms with E-state index in [4.69, 9.17) is 31.0 Å². The molecular weight excluding hydrogens is 647 g/mol. The van der Waals surface area contributed by atoms with Crippen LogP contribution in [0.3, 0.4) is 0 Å². The van der Waals surface area contributed by atoms with Crippen LogP contribution in [0.15, 0.2) is 67.4 Å². The summed E-state index contributed by atoms with van der Waals surface area (Å²) in [5.41, 5.74) is 5.36. The minimum Gasteiger partial charge on any atom is -0.456 e. The normalized spacial score (nSPS) is 14.3. The lowest BCUT2D eigenvalue weighted by Crippen LogP contribution is -2.34. The van der Waals surface area contributed by atoms with Crippen LogP contribution in [0.5, 0.6) is 11.5 Å². The summed E-state index contributed by atoms with van der Waals surface area (Å²) in [5.74, 6) is 1.69. The van der Waals surface area contributed by atoms with Crippen LogP contribution in [0.25, 0.3) is 33.3 Å². The first-order valence-electron chi connectivity index (χ1n) is 16.2. The van der Waals surface area contributed by atoms with E-state index >= 15 is 0 Å². The smallest absolute Gasteiger partial charge is 0.148 e. The first kappa shape index (κ1) is 32.2. The van der Waals surface area contributed by atoms with Crippen LogP contribution in [-0.4, -0.2) is 62.1 Å². The van der Waals surface area contributed by atoms with Gasteiger partial charge in [0.25, 0.3) is 0 Å². The monoisotopic (exact) mass is 684 g/mol. The van der Waals surface area contributed by atoms with Gasteiger partial charge in [0, 0.05) is 51.7 Å². The summed E-state index contributed by atoms with van der Waals surface area (Å²) in [6.45, 7) is 11.8. The van der Waals surface area contributed by atoms with Gasteiger partial charge in [-0.15, -0.1) is 0 Å². The zero-order valence-corrected chi connectivity index (χ0v) is 29.3. The van der Waals surface area contributed by atoms with Gasteiger partial charge in [0.2, 0.25) is 0 Å². The lowest BCUT2D eigenvalue weighted by molar-refractivity contribution is 0.0885. The van der Waals surface area contributed by atoms with E-state index in [9.17, 15) is 4.39 Å². The maximum atomic E-state index is 13.7. The second-order valence-corrected chi connectivity index (χ2v) is 19.5. The molecule has 0 spiro atoms. The molecule has 6 aromatic rings. The van der Waals surface area contributed by atoms with E-state index in [0.29, 0.717) is 40.0 Å². The van der Waals surface area contributed by atoms with E-state index < -0.39 is 8.07 Å². The number of hydrogen-bond donors (Lipinski definition) is 0. The van der Waals surface area contributed by atoms with Crippen molar-refractivity contribution in [3.63, 3.8) is 0 Å². The van der Waals surface area contributed by atoms with Gasteiger partial charge in [0.05, 0.1) is 58.8 Å². The van der Waals surface area contributed by atoms with Crippen molar-refractivity contribution >= 4 is 47.4 Å². The number of imidazole rings is 1. The molecule has 0 amide bonds. The summed E-state index contributed by atoms with van der Waals surface area (Å²) in [6, 6.07) is 12.3. The van der Waals surface area contributed by atoms with E-state index in [1.54, 1.807) is 12.4 Å². The molecule has 2 aromatic carbocycles. The standard InChI is InChI=1S/C35H38ClFN8O2Si/c1-23-41-29-6-5-28(16-32(29)44(23)22-46-13-14-48(2,3)4)47-33-8-7-30-35(34(33)36)42-31(20-39-30)24-17-40-45(21-24)26-9-11-43(12-10-26)27-15-25(37)18-38-19-27/h5-8,15-21,26H,9-14,22H2,1-4H3. The highest BCUT2D eigenvalue weighted by molar-refractivity contribution is 6.76. The number of ether oxygens (including phenoxy) is 2. The Bertz CT molecular complexity index is 2090. The number of hydrogen-bond acceptors (Lipinski definition) is 8. The van der Waals surface area contributed by atoms with Crippen molar-refractivity contribution in [1.29, 1.82) is 0 Å². The highest BCUT2D eigenvalue weighted by Crippen LogP contribution is 2.36. The Morgan fingerprint density at radius 2 is 1.79 bits per heavy atom. The zero-order chi connectivity index (χ0) is 33.4. The number of fused-ring (bicyclic) bond motifs is 2. The van der Waals surface area contributed by atoms with Crippen molar-refractivity contribution in [2.75, 3.05) is 24.6 Å². The lowest BCUT2D eigenvalue weighted by atomic mass is 10.0. The van der Waals surface area contributed by atoms with Crippen molar-refractivity contribution in [3.8, 4) is 22.8 Å². The SMILES string of the molecule is Cc1nc2ccc(Oc3ccc4ncc(-c5cnn(C6CCN(c7cncc(F)c7)CC6)c5)nc4c3Cl)cc2n1COCC[Si](C)(C)C. The van der Waals surface area contributed by atoms with Crippen molar-refractivity contribution in [2.45, 2.75) is 58.2 Å². The summed E-state index contributed by atoms with van der Waals surface area (Å²) < 4.78 is 30.1. The zero-order valence-electron chi connectivity index (χ0n) is 27.5. The summed E-state index contributed by atoms with van der Waals surface area (Å²) in [7, 11) is -1.17. The fraction of sp³-hybridized carbons (Fsp3) is 0.343. The number of pyridine rings is 1. The van der Waals surface area contributed by atoms with Gasteiger partial charge in [-0.1, -0.05) is 31.2 Å². The van der Waals surface area contributed by atoms with Gasteiger partial charge in [-0.2, -0.15) is 5.10 Å². The Morgan fingerprint density at radius 3 is 2.58 bits per heavy atom. The number of aryl methyl sites for hydroxylation is 1. The predicted octanol–water partition coefficient (Wildman–Crippen LogP) is 8.29. The molecule has 0 radical (unpaired) electrons. The third-order valence-electron chi connectivity index (χ3n) is 8.76. The molecule has 248 valence electrons. The van der Waals surface area contributed by atoms with Crippen LogP contribution in [-0.2, 0) is 11.5 Å². The summed E-state index contributed by atoms with van der Waals surface area (Å²) >= 11 is 6.91. The Hall–Kier alpha value is -4.39. The van der Waals surface area contributed by atoms with Crippen LogP contribution >= 0.6 is 11.6 Å². The van der Waals surface area contributed by atoms with Crippen molar-refractivity contribution in [2.24, 2.45) is 0 Å². The molecule has 0 N–H and O–H groups in total. The third-order valence-corrected chi connectivity index (χ3v) is 10.8. The number of anilines is 1. The Morgan fingerprint density at radius 1 is 0.979 bits per heavy atom. The molecule has 0 saturated carbocycles. The van der Waals surface area contributed by atoms with Crippen molar-refractivity contribution in [1.82, 2.24) is 34.3 Å². The van der Waals surface area contributed by atoms with E-state index in [1.165, 1.54) is 12.3 Å². The minimum atomic E-state index is -1.17. The van der Waals surface area contributed by atoms with E-state index in [-0.39, 0.29) is 11.9 Å². The fourth-order valence-corrected chi connectivity index (χ4v) is 6.98. The van der Waals surface area contributed by atoms with Gasteiger partial charge in [0.1, 0.15) is 40.4 Å². The van der Waals surface area contributed by atoms with Gasteiger partial charge in [-0.3, -0.25) is 14.6 Å². The number of aromatic nitrogens is 7. The second-order valence-electron chi connectivity index (χ2n) is 13.5. The molecule has 1 aliphatic rings. The molecule has 10 nitrogen and oxygen atoms in total. The number of halogens is 2. The molecule has 7 rings (SSSR count). The van der Waals surface area contributed by atoms with Crippen LogP contribution in [0.2, 0.25) is 30.7 Å². The summed E-state index contributed by atoms with van der Waals surface area (Å²) in [6.07, 6.45) is 10.2. The quantitative estimate of drug-likeness (QED) is 0.105.